The molecule has 249 valence electrons. The summed E-state index contributed by atoms with van der Waals surface area (Å²) in [6.45, 7) is 1.10. The minimum atomic E-state index is -0.291. The SMILES string of the molecule is [Cu+2].[O-]/C(=N\C(=Nc1ccccc1)NCc1ccccc1)c1cccs1.[O-]/C(=N\C(=Nc1ccccc1)NCc1ccccc1)c1cccs1. The van der Waals surface area contributed by atoms with Crippen molar-refractivity contribution in [3.63, 3.8) is 0 Å². The first-order valence-corrected chi connectivity index (χ1v) is 16.8. The van der Waals surface area contributed by atoms with Crippen LogP contribution in [0.1, 0.15) is 20.9 Å². The van der Waals surface area contributed by atoms with Crippen LogP contribution in [0.25, 0.3) is 0 Å². The molecule has 0 spiro atoms. The van der Waals surface area contributed by atoms with Gasteiger partial charge in [-0.25, -0.2) is 20.0 Å². The molecule has 0 fully saturated rings. The molecule has 0 saturated heterocycles. The fourth-order valence-corrected chi connectivity index (χ4v) is 5.33. The zero-order valence-corrected chi connectivity index (χ0v) is 28.7. The third-order valence-corrected chi connectivity index (χ3v) is 8.16. The van der Waals surface area contributed by atoms with Crippen LogP contribution in [0.15, 0.2) is 176 Å². The Hall–Kier alpha value is -5.32. The van der Waals surface area contributed by atoms with Gasteiger partial charge < -0.3 is 20.8 Å². The number of benzene rings is 4. The predicted octanol–water partition coefficient (Wildman–Crippen LogP) is 6.66. The molecule has 11 heteroatoms. The van der Waals surface area contributed by atoms with Gasteiger partial charge in [0.1, 0.15) is 0 Å². The first-order chi connectivity index (χ1) is 23.6. The van der Waals surface area contributed by atoms with Crippen molar-refractivity contribution in [2.24, 2.45) is 20.0 Å². The molecule has 0 atom stereocenters. The molecule has 0 saturated carbocycles. The van der Waals surface area contributed by atoms with Gasteiger partial charge in [0, 0.05) is 34.6 Å². The summed E-state index contributed by atoms with van der Waals surface area (Å²) in [6.07, 6.45) is 0. The minimum Gasteiger partial charge on any atom is -0.858 e. The fourth-order valence-electron chi connectivity index (χ4n) is 4.11. The van der Waals surface area contributed by atoms with Crippen molar-refractivity contribution in [3.05, 3.63) is 177 Å². The molecule has 0 bridgehead atoms. The van der Waals surface area contributed by atoms with Crippen molar-refractivity contribution in [1.82, 2.24) is 10.6 Å². The second-order valence-electron chi connectivity index (χ2n) is 10.0. The Bertz CT molecular complexity index is 1770. The van der Waals surface area contributed by atoms with Gasteiger partial charge in [-0.05, 0) is 58.3 Å². The molecule has 2 aromatic heterocycles. The van der Waals surface area contributed by atoms with Crippen LogP contribution in [0.2, 0.25) is 0 Å². The van der Waals surface area contributed by atoms with Crippen LogP contribution >= 0.6 is 22.7 Å². The Morgan fingerprint density at radius 1 is 0.469 bits per heavy atom. The summed E-state index contributed by atoms with van der Waals surface area (Å²) in [5.74, 6) is 0.0346. The van der Waals surface area contributed by atoms with E-state index in [0.29, 0.717) is 34.8 Å². The molecular weight excluding hydrogens is 700 g/mol. The maximum Gasteiger partial charge on any atom is 2.00 e. The summed E-state index contributed by atoms with van der Waals surface area (Å²) in [6, 6.07) is 45.9. The fraction of sp³-hybridized carbons (Fsp3) is 0.0526. The van der Waals surface area contributed by atoms with Crippen molar-refractivity contribution < 1.29 is 27.3 Å². The molecule has 49 heavy (non-hydrogen) atoms. The molecule has 0 amide bonds. The second-order valence-corrected chi connectivity index (χ2v) is 11.9. The summed E-state index contributed by atoms with van der Waals surface area (Å²) in [5.41, 5.74) is 3.68. The maximum atomic E-state index is 12.2. The number of hydrogen-bond donors (Lipinski definition) is 2. The van der Waals surface area contributed by atoms with Crippen molar-refractivity contribution in [2.45, 2.75) is 13.1 Å². The first kappa shape index (κ1) is 36.5. The van der Waals surface area contributed by atoms with E-state index in [1.165, 1.54) is 22.7 Å². The minimum absolute atomic E-state index is 0. The van der Waals surface area contributed by atoms with Gasteiger partial charge in [0.15, 0.2) is 0 Å². The van der Waals surface area contributed by atoms with Gasteiger partial charge in [-0.15, -0.1) is 22.7 Å². The van der Waals surface area contributed by atoms with Crippen LogP contribution < -0.4 is 20.8 Å². The molecule has 6 aromatic rings. The molecule has 4 aromatic carbocycles. The van der Waals surface area contributed by atoms with E-state index >= 15 is 0 Å². The van der Waals surface area contributed by atoms with Gasteiger partial charge in [-0.3, -0.25) is 0 Å². The topological polar surface area (TPSA) is 120 Å². The first-order valence-electron chi connectivity index (χ1n) is 15.0. The molecule has 0 aliphatic rings. The molecule has 0 unspecified atom stereocenters. The summed E-state index contributed by atoms with van der Waals surface area (Å²) >= 11 is 2.74. The van der Waals surface area contributed by atoms with Crippen LogP contribution in [-0.4, -0.2) is 23.7 Å². The summed E-state index contributed by atoms with van der Waals surface area (Å²) < 4.78 is 0. The zero-order chi connectivity index (χ0) is 33.2. The average molecular weight is 732 g/mol. The van der Waals surface area contributed by atoms with Gasteiger partial charge in [-0.1, -0.05) is 109 Å². The van der Waals surface area contributed by atoms with Crippen LogP contribution in [-0.2, 0) is 30.2 Å². The van der Waals surface area contributed by atoms with Crippen LogP contribution in [0.4, 0.5) is 11.4 Å². The third kappa shape index (κ3) is 12.7. The van der Waals surface area contributed by atoms with Gasteiger partial charge in [0.25, 0.3) is 0 Å². The van der Waals surface area contributed by atoms with E-state index in [-0.39, 0.29) is 28.9 Å². The number of guanidine groups is 2. The number of hydrogen-bond acceptors (Lipinski definition) is 6. The number of aliphatic imine (C=N–C) groups is 4. The number of nitrogens with one attached hydrogen (secondary N) is 2. The predicted molar refractivity (Wildman–Crippen MR) is 195 cm³/mol. The van der Waals surface area contributed by atoms with Crippen LogP contribution in [0, 0.1) is 0 Å². The Morgan fingerprint density at radius 2 is 0.816 bits per heavy atom. The van der Waals surface area contributed by atoms with E-state index in [2.05, 4.69) is 30.6 Å². The van der Waals surface area contributed by atoms with E-state index in [1.807, 2.05) is 144 Å². The van der Waals surface area contributed by atoms with E-state index < -0.39 is 0 Å². The Labute approximate surface area is 304 Å². The van der Waals surface area contributed by atoms with E-state index in [0.717, 1.165) is 22.5 Å². The van der Waals surface area contributed by atoms with Gasteiger partial charge in [-0.2, -0.15) is 0 Å². The van der Waals surface area contributed by atoms with Crippen LogP contribution in [0.5, 0.6) is 0 Å². The van der Waals surface area contributed by atoms with Gasteiger partial charge in [0.2, 0.25) is 11.9 Å². The van der Waals surface area contributed by atoms with Crippen molar-refractivity contribution >= 4 is 57.8 Å². The molecule has 8 nitrogen and oxygen atoms in total. The standard InChI is InChI=1S/2C19H17N3OS.Cu/c2*23-18(17-12-7-13-24-17)22-19(21-16-10-5-2-6-11-16)20-14-15-8-3-1-4-9-15;/h2*1-13H,14H2,(H2,20,21,22,23);/q;;+2/p-2. The van der Waals surface area contributed by atoms with Gasteiger partial charge >= 0.3 is 17.1 Å². The molecule has 1 radical (unpaired) electrons. The summed E-state index contributed by atoms with van der Waals surface area (Å²) in [7, 11) is 0. The quantitative estimate of drug-likeness (QED) is 0.103. The molecule has 0 aliphatic carbocycles. The van der Waals surface area contributed by atoms with Crippen molar-refractivity contribution in [2.75, 3.05) is 0 Å². The number of rotatable bonds is 8. The number of thiophene rings is 2. The smallest absolute Gasteiger partial charge is 0.858 e. The number of para-hydroxylation sites is 2. The van der Waals surface area contributed by atoms with Crippen molar-refractivity contribution in [1.29, 1.82) is 0 Å². The van der Waals surface area contributed by atoms with Crippen LogP contribution in [0.3, 0.4) is 0 Å². The molecule has 6 rings (SSSR count). The Balaban J connectivity index is 0.000000216. The second kappa shape index (κ2) is 20.1. The number of nitrogens with zero attached hydrogens (tertiary/aromatic N) is 4. The van der Waals surface area contributed by atoms with E-state index in [9.17, 15) is 10.2 Å². The molecule has 2 heterocycles. The summed E-state index contributed by atoms with van der Waals surface area (Å²) in [5, 5.41) is 34.5. The summed E-state index contributed by atoms with van der Waals surface area (Å²) in [4.78, 5) is 18.4. The van der Waals surface area contributed by atoms with E-state index in [1.54, 1.807) is 12.1 Å². The molecule has 0 aliphatic heterocycles. The van der Waals surface area contributed by atoms with Crippen molar-refractivity contribution in [3.8, 4) is 0 Å². The largest absolute Gasteiger partial charge is 2.00 e. The normalized spacial score (nSPS) is 11.9. The van der Waals surface area contributed by atoms with E-state index in [4.69, 9.17) is 0 Å². The molecular formula is C38H32CuN6O2S2. The van der Waals surface area contributed by atoms with Gasteiger partial charge in [0.05, 0.1) is 11.4 Å². The third-order valence-electron chi connectivity index (χ3n) is 6.45. The Kier molecular flexibility index (Phi) is 15.0. The molecule has 2 N–H and O–H groups in total. The average Bonchev–Trinajstić information content (AvgIpc) is 3.88. The Morgan fingerprint density at radius 3 is 1.14 bits per heavy atom. The maximum absolute atomic E-state index is 12.2. The monoisotopic (exact) mass is 731 g/mol. The zero-order valence-electron chi connectivity index (χ0n) is 26.1.